The van der Waals surface area contributed by atoms with Crippen LogP contribution >= 0.6 is 11.3 Å². The molecule has 0 saturated carbocycles. The minimum absolute atomic E-state index is 0.170. The molecule has 0 fully saturated rings. The van der Waals surface area contributed by atoms with Crippen molar-refractivity contribution in [1.82, 2.24) is 4.57 Å². The largest absolute Gasteiger partial charge is 0.490 e. The van der Waals surface area contributed by atoms with Crippen molar-refractivity contribution in [2.24, 2.45) is 4.99 Å². The van der Waals surface area contributed by atoms with Gasteiger partial charge in [0.25, 0.3) is 5.56 Å². The second kappa shape index (κ2) is 9.90. The number of aromatic nitrogens is 1. The molecular formula is C26H24N2O7S. The first kappa shape index (κ1) is 23.7. The van der Waals surface area contributed by atoms with Crippen LogP contribution in [0.3, 0.4) is 0 Å². The first-order chi connectivity index (χ1) is 17.5. The van der Waals surface area contributed by atoms with Crippen molar-refractivity contribution >= 4 is 23.4 Å². The van der Waals surface area contributed by atoms with Crippen LogP contribution < -0.4 is 33.8 Å². The van der Waals surface area contributed by atoms with Crippen LogP contribution in [0.1, 0.15) is 31.0 Å². The minimum Gasteiger partial charge on any atom is -0.490 e. The third-order valence-corrected chi connectivity index (χ3v) is 6.70. The lowest BCUT2D eigenvalue weighted by Crippen LogP contribution is -2.39. The van der Waals surface area contributed by atoms with Crippen molar-refractivity contribution in [3.05, 3.63) is 79.0 Å². The van der Waals surface area contributed by atoms with Gasteiger partial charge in [0.1, 0.15) is 0 Å². The van der Waals surface area contributed by atoms with Gasteiger partial charge >= 0.3 is 5.97 Å². The molecule has 0 bridgehead atoms. The zero-order valence-corrected chi connectivity index (χ0v) is 20.8. The molecule has 9 nitrogen and oxygen atoms in total. The van der Waals surface area contributed by atoms with Crippen LogP contribution in [0, 0.1) is 0 Å². The predicted octanol–water partition coefficient (Wildman–Crippen LogP) is 2.54. The van der Waals surface area contributed by atoms with Gasteiger partial charge in [-0.1, -0.05) is 23.5 Å². The number of hydrogen-bond donors (Lipinski definition) is 0. The van der Waals surface area contributed by atoms with Crippen LogP contribution in [0.2, 0.25) is 0 Å². The summed E-state index contributed by atoms with van der Waals surface area (Å²) < 4.78 is 29.3. The van der Waals surface area contributed by atoms with E-state index in [2.05, 4.69) is 4.99 Å². The fraction of sp³-hybridized carbons (Fsp3) is 0.269. The quantitative estimate of drug-likeness (QED) is 0.453. The summed E-state index contributed by atoms with van der Waals surface area (Å²) in [4.78, 5) is 31.2. The van der Waals surface area contributed by atoms with Gasteiger partial charge in [0, 0.05) is 6.20 Å². The molecule has 0 aliphatic carbocycles. The number of methoxy groups -OCH3 is 1. The number of ether oxygens (including phenoxy) is 5. The van der Waals surface area contributed by atoms with Gasteiger partial charge in [-0.15, -0.1) is 0 Å². The molecule has 186 valence electrons. The number of nitrogens with zero attached hydrogens (tertiary/aromatic N) is 2. The molecule has 1 atom stereocenters. The molecule has 0 unspecified atom stereocenters. The van der Waals surface area contributed by atoms with E-state index in [1.54, 1.807) is 24.3 Å². The first-order valence-corrected chi connectivity index (χ1v) is 12.2. The van der Waals surface area contributed by atoms with Gasteiger partial charge < -0.3 is 23.7 Å². The number of fused-ring (bicyclic) bond motifs is 2. The van der Waals surface area contributed by atoms with Crippen molar-refractivity contribution in [1.29, 1.82) is 0 Å². The van der Waals surface area contributed by atoms with Gasteiger partial charge in [-0.3, -0.25) is 9.36 Å². The van der Waals surface area contributed by atoms with Crippen molar-refractivity contribution < 1.29 is 28.5 Å². The van der Waals surface area contributed by atoms with Crippen molar-refractivity contribution in [2.45, 2.75) is 19.9 Å². The predicted molar refractivity (Wildman–Crippen MR) is 133 cm³/mol. The van der Waals surface area contributed by atoms with Gasteiger partial charge in [-0.05, 0) is 55.3 Å². The molecule has 2 aliphatic rings. The highest BCUT2D eigenvalue weighted by molar-refractivity contribution is 7.07. The van der Waals surface area contributed by atoms with E-state index in [0.717, 1.165) is 5.56 Å². The Morgan fingerprint density at radius 2 is 1.89 bits per heavy atom. The Bertz CT molecular complexity index is 1540. The second-order valence-electron chi connectivity index (χ2n) is 7.86. The number of carbonyl (C=O) groups excluding carboxylic acids is 1. The monoisotopic (exact) mass is 508 g/mol. The van der Waals surface area contributed by atoms with Crippen molar-refractivity contribution in [3.63, 3.8) is 0 Å². The maximum absolute atomic E-state index is 13.7. The summed E-state index contributed by atoms with van der Waals surface area (Å²) in [5, 5.41) is 0. The summed E-state index contributed by atoms with van der Waals surface area (Å²) in [6, 6.07) is 10.1. The standard InChI is InChI=1S/C26H24N2O7S/c1-4-32-18-9-7-16(12-21(18)33-5-2)23-17(25(30)31-3)13-27-26-28(23)24(29)22(36-26)11-15-6-8-19-20(10-15)35-14-34-19/h6-13,23H,4-5,14H2,1-3H3/b22-11-/t23-/m0/s1. The number of esters is 1. The molecule has 1 aromatic heterocycles. The van der Waals surface area contributed by atoms with E-state index < -0.39 is 12.0 Å². The lowest BCUT2D eigenvalue weighted by Gasteiger charge is -2.23. The van der Waals surface area contributed by atoms with Crippen molar-refractivity contribution in [3.8, 4) is 23.0 Å². The first-order valence-electron chi connectivity index (χ1n) is 11.4. The highest BCUT2D eigenvalue weighted by Crippen LogP contribution is 2.35. The summed E-state index contributed by atoms with van der Waals surface area (Å²) >= 11 is 1.24. The van der Waals surface area contributed by atoms with E-state index in [-0.39, 0.29) is 17.9 Å². The molecule has 2 aromatic carbocycles. The topological polar surface area (TPSA) is 97.6 Å². The van der Waals surface area contributed by atoms with Gasteiger partial charge in [0.15, 0.2) is 27.8 Å². The zero-order valence-electron chi connectivity index (χ0n) is 20.0. The number of carbonyl (C=O) groups is 1. The van der Waals surface area contributed by atoms with Gasteiger partial charge in [0.05, 0.1) is 36.5 Å². The summed E-state index contributed by atoms with van der Waals surface area (Å²) in [6.45, 7) is 4.84. The SMILES string of the molecule is CCOc1ccc([C@H]2C(C(=O)OC)=CN=c3s/c(=C\c4ccc5c(c4)OCO5)c(=O)n32)cc1OCC. The molecule has 0 amide bonds. The Morgan fingerprint density at radius 3 is 2.67 bits per heavy atom. The van der Waals surface area contributed by atoms with E-state index in [4.69, 9.17) is 23.7 Å². The van der Waals surface area contributed by atoms with Crippen molar-refractivity contribution in [2.75, 3.05) is 27.1 Å². The van der Waals surface area contributed by atoms with E-state index in [1.165, 1.54) is 29.2 Å². The highest BCUT2D eigenvalue weighted by atomic mass is 32.1. The maximum atomic E-state index is 13.7. The van der Waals surface area contributed by atoms with Gasteiger partial charge in [0.2, 0.25) is 6.79 Å². The normalized spacial score (nSPS) is 16.1. The van der Waals surface area contributed by atoms with E-state index in [0.29, 0.717) is 51.1 Å². The van der Waals surface area contributed by atoms with Crippen LogP contribution in [0.15, 0.2) is 58.0 Å². The molecule has 10 heteroatoms. The molecule has 0 saturated heterocycles. The molecule has 0 radical (unpaired) electrons. The number of rotatable bonds is 7. The molecule has 3 heterocycles. The molecule has 0 N–H and O–H groups in total. The Morgan fingerprint density at radius 1 is 1.11 bits per heavy atom. The molecule has 2 aliphatic heterocycles. The van der Waals surface area contributed by atoms with Crippen LogP contribution in [0.25, 0.3) is 6.08 Å². The van der Waals surface area contributed by atoms with Crippen LogP contribution in [-0.2, 0) is 9.53 Å². The second-order valence-corrected chi connectivity index (χ2v) is 8.87. The molecule has 5 rings (SSSR count). The fourth-order valence-corrected chi connectivity index (χ4v) is 5.11. The summed E-state index contributed by atoms with van der Waals surface area (Å²) in [5.74, 6) is 1.83. The fourth-order valence-electron chi connectivity index (χ4n) is 4.14. The smallest absolute Gasteiger partial charge is 0.337 e. The van der Waals surface area contributed by atoms with E-state index in [9.17, 15) is 9.59 Å². The number of benzene rings is 2. The Labute approximate surface area is 210 Å². The minimum atomic E-state index is -0.748. The molecular weight excluding hydrogens is 484 g/mol. The number of hydrogen-bond acceptors (Lipinski definition) is 9. The van der Waals surface area contributed by atoms with Crippen LogP contribution in [-0.4, -0.2) is 37.7 Å². The summed E-state index contributed by atoms with van der Waals surface area (Å²) in [6.07, 6.45) is 3.23. The molecule has 0 spiro atoms. The summed E-state index contributed by atoms with van der Waals surface area (Å²) in [5.41, 5.74) is 1.42. The Balaban J connectivity index is 1.65. The summed E-state index contributed by atoms with van der Waals surface area (Å²) in [7, 11) is 1.30. The lowest BCUT2D eigenvalue weighted by molar-refractivity contribution is -0.136. The third-order valence-electron chi connectivity index (χ3n) is 5.70. The van der Waals surface area contributed by atoms with Crippen LogP contribution in [0.4, 0.5) is 0 Å². The average molecular weight is 509 g/mol. The lowest BCUT2D eigenvalue weighted by atomic mass is 9.97. The Kier molecular flexibility index (Phi) is 6.51. The third kappa shape index (κ3) is 4.24. The van der Waals surface area contributed by atoms with Gasteiger partial charge in [-0.2, -0.15) is 0 Å². The Hall–Kier alpha value is -4.05. The zero-order chi connectivity index (χ0) is 25.2. The van der Waals surface area contributed by atoms with E-state index >= 15 is 0 Å². The molecule has 36 heavy (non-hydrogen) atoms. The maximum Gasteiger partial charge on any atom is 0.337 e. The molecule has 3 aromatic rings. The van der Waals surface area contributed by atoms with E-state index in [1.807, 2.05) is 32.0 Å². The van der Waals surface area contributed by atoms with Crippen LogP contribution in [0.5, 0.6) is 23.0 Å². The highest BCUT2D eigenvalue weighted by Gasteiger charge is 2.31. The number of thiazole rings is 1. The average Bonchev–Trinajstić information content (AvgIpc) is 3.48. The van der Waals surface area contributed by atoms with Gasteiger partial charge in [-0.25, -0.2) is 9.79 Å².